The molecule has 0 spiro atoms. The van der Waals surface area contributed by atoms with E-state index in [2.05, 4.69) is 23.1 Å². The van der Waals surface area contributed by atoms with E-state index >= 15 is 0 Å². The largest absolute Gasteiger partial charge is 0.388 e. The van der Waals surface area contributed by atoms with E-state index in [-0.39, 0.29) is 6.04 Å². The van der Waals surface area contributed by atoms with Crippen molar-refractivity contribution in [3.05, 3.63) is 29.3 Å². The van der Waals surface area contributed by atoms with Crippen LogP contribution in [-0.4, -0.2) is 35.5 Å². The van der Waals surface area contributed by atoms with Crippen molar-refractivity contribution < 1.29 is 5.11 Å². The molecule has 0 aliphatic carbocycles. The zero-order valence-electron chi connectivity index (χ0n) is 11.7. The zero-order chi connectivity index (χ0) is 13.3. The second-order valence-electron chi connectivity index (χ2n) is 5.84. The fraction of sp³-hybridized carbons (Fsp3) is 0.600. The van der Waals surface area contributed by atoms with Crippen LogP contribution in [0.15, 0.2) is 23.1 Å². The van der Waals surface area contributed by atoms with Crippen LogP contribution in [0.4, 0.5) is 0 Å². The Hall–Kier alpha value is -0.510. The van der Waals surface area contributed by atoms with E-state index in [1.807, 2.05) is 39.7 Å². The predicted octanol–water partition coefficient (Wildman–Crippen LogP) is 3.10. The zero-order valence-corrected chi connectivity index (χ0v) is 12.5. The maximum Gasteiger partial charge on any atom is 0.0787 e. The number of hydrogen-bond acceptors (Lipinski definition) is 3. The Kier molecular flexibility index (Phi) is 4.05. The van der Waals surface area contributed by atoms with Gasteiger partial charge in [-0.25, -0.2) is 0 Å². The lowest BCUT2D eigenvalue weighted by molar-refractivity contribution is -0.00319. The predicted molar refractivity (Wildman–Crippen MR) is 78.2 cm³/mol. The third-order valence-electron chi connectivity index (χ3n) is 3.43. The Morgan fingerprint density at radius 1 is 1.33 bits per heavy atom. The van der Waals surface area contributed by atoms with Gasteiger partial charge in [0.25, 0.3) is 0 Å². The first kappa shape index (κ1) is 13.9. The molecule has 1 aliphatic rings. The summed E-state index contributed by atoms with van der Waals surface area (Å²) < 4.78 is 0. The fourth-order valence-corrected chi connectivity index (χ4v) is 3.91. The molecule has 1 N–H and O–H groups in total. The molecule has 2 nitrogen and oxygen atoms in total. The second kappa shape index (κ2) is 5.24. The molecule has 100 valence electrons. The number of rotatable bonds is 3. The number of benzene rings is 1. The van der Waals surface area contributed by atoms with Crippen molar-refractivity contribution in [2.45, 2.75) is 43.2 Å². The molecule has 1 aromatic rings. The van der Waals surface area contributed by atoms with E-state index < -0.39 is 5.60 Å². The minimum Gasteiger partial charge on any atom is -0.388 e. The minimum atomic E-state index is -0.737. The molecule has 0 bridgehead atoms. The van der Waals surface area contributed by atoms with E-state index in [1.54, 1.807) is 0 Å². The van der Waals surface area contributed by atoms with Gasteiger partial charge in [-0.2, -0.15) is 0 Å². The summed E-state index contributed by atoms with van der Waals surface area (Å²) in [5, 5.41) is 10.4. The van der Waals surface area contributed by atoms with Gasteiger partial charge in [-0.3, -0.25) is 4.90 Å². The van der Waals surface area contributed by atoms with Crippen molar-refractivity contribution in [3.8, 4) is 0 Å². The molecule has 18 heavy (non-hydrogen) atoms. The van der Waals surface area contributed by atoms with E-state index in [9.17, 15) is 5.11 Å². The maximum absolute atomic E-state index is 10.4. The molecule has 0 radical (unpaired) electrons. The van der Waals surface area contributed by atoms with Crippen LogP contribution in [0.25, 0.3) is 0 Å². The maximum atomic E-state index is 10.4. The number of aliphatic hydroxyl groups is 1. The molecule has 1 aromatic carbocycles. The molecule has 1 aliphatic heterocycles. The molecule has 0 amide bonds. The molecule has 0 saturated heterocycles. The smallest absolute Gasteiger partial charge is 0.0787 e. The van der Waals surface area contributed by atoms with E-state index in [0.717, 1.165) is 0 Å². The summed E-state index contributed by atoms with van der Waals surface area (Å²) in [5.74, 6) is 1.23. The van der Waals surface area contributed by atoms with Crippen molar-refractivity contribution in [1.82, 2.24) is 4.90 Å². The lowest BCUT2D eigenvalue weighted by Gasteiger charge is -2.35. The van der Waals surface area contributed by atoms with Crippen LogP contribution < -0.4 is 0 Å². The van der Waals surface area contributed by atoms with E-state index in [4.69, 9.17) is 0 Å². The topological polar surface area (TPSA) is 23.5 Å². The van der Waals surface area contributed by atoms with Gasteiger partial charge in [-0.05, 0) is 63.7 Å². The Labute approximate surface area is 114 Å². The quantitative estimate of drug-likeness (QED) is 0.908. The molecule has 2 rings (SSSR count). The van der Waals surface area contributed by atoms with Crippen LogP contribution in [0.1, 0.15) is 37.4 Å². The normalized spacial score (nSPS) is 17.7. The monoisotopic (exact) mass is 265 g/mol. The molecule has 3 heteroatoms. The Bertz CT molecular complexity index is 423. The molecule has 1 unspecified atom stereocenters. The number of hydrogen-bond donors (Lipinski definition) is 1. The average molecular weight is 265 g/mol. The minimum absolute atomic E-state index is 0.0368. The number of fused-ring (bicyclic) bond motifs is 1. The van der Waals surface area contributed by atoms with Crippen molar-refractivity contribution in [3.63, 3.8) is 0 Å². The van der Waals surface area contributed by atoms with Crippen molar-refractivity contribution in [1.29, 1.82) is 0 Å². The van der Waals surface area contributed by atoms with Crippen molar-refractivity contribution >= 4 is 11.8 Å². The summed E-state index contributed by atoms with van der Waals surface area (Å²) in [7, 11) is 4.05. The molecule has 1 heterocycles. The Morgan fingerprint density at radius 2 is 2.06 bits per heavy atom. The van der Waals surface area contributed by atoms with Gasteiger partial charge in [0.1, 0.15) is 0 Å². The SMILES string of the molecule is CN(C)C(c1ccc2c(c1)CCCS2)C(C)(C)O. The van der Waals surface area contributed by atoms with E-state index in [0.29, 0.717) is 0 Å². The van der Waals surface area contributed by atoms with Gasteiger partial charge in [0, 0.05) is 4.90 Å². The van der Waals surface area contributed by atoms with Gasteiger partial charge >= 0.3 is 0 Å². The fourth-order valence-electron chi connectivity index (χ4n) is 2.89. The highest BCUT2D eigenvalue weighted by atomic mass is 32.2. The van der Waals surface area contributed by atoms with Crippen LogP contribution in [0.2, 0.25) is 0 Å². The third-order valence-corrected chi connectivity index (χ3v) is 4.64. The van der Waals surface area contributed by atoms with Crippen LogP contribution >= 0.6 is 11.8 Å². The number of likely N-dealkylation sites (N-methyl/N-ethyl adjacent to an activating group) is 1. The standard InChI is InChI=1S/C15H23NOS/c1-15(2,17)14(16(3)4)12-7-8-13-11(10-12)6-5-9-18-13/h7-8,10,14,17H,5-6,9H2,1-4H3. The first-order chi connectivity index (χ1) is 8.39. The van der Waals surface area contributed by atoms with Crippen molar-refractivity contribution in [2.24, 2.45) is 0 Å². The molecular formula is C15H23NOS. The summed E-state index contributed by atoms with van der Waals surface area (Å²) in [6.45, 7) is 3.76. The van der Waals surface area contributed by atoms with Crippen LogP contribution in [0.5, 0.6) is 0 Å². The van der Waals surface area contributed by atoms with Gasteiger partial charge in [-0.15, -0.1) is 11.8 Å². The lowest BCUT2D eigenvalue weighted by Crippen LogP contribution is -2.38. The van der Waals surface area contributed by atoms with Crippen LogP contribution in [0, 0.1) is 0 Å². The highest BCUT2D eigenvalue weighted by Crippen LogP contribution is 2.35. The number of nitrogens with zero attached hydrogens (tertiary/aromatic N) is 1. The Balaban J connectivity index is 2.37. The number of thioether (sulfide) groups is 1. The average Bonchev–Trinajstić information content (AvgIpc) is 2.26. The molecule has 1 atom stereocenters. The molecule has 0 saturated carbocycles. The van der Waals surface area contributed by atoms with E-state index in [1.165, 1.54) is 34.6 Å². The highest BCUT2D eigenvalue weighted by Gasteiger charge is 2.30. The van der Waals surface area contributed by atoms with Crippen LogP contribution in [0.3, 0.4) is 0 Å². The molecule has 0 aromatic heterocycles. The van der Waals surface area contributed by atoms with Crippen LogP contribution in [-0.2, 0) is 6.42 Å². The van der Waals surface area contributed by atoms with Gasteiger partial charge in [-0.1, -0.05) is 12.1 Å². The summed E-state index contributed by atoms with van der Waals surface area (Å²) in [5.41, 5.74) is 1.92. The summed E-state index contributed by atoms with van der Waals surface area (Å²) in [4.78, 5) is 3.51. The molecule has 0 fully saturated rings. The summed E-state index contributed by atoms with van der Waals surface area (Å²) >= 11 is 1.95. The molecular weight excluding hydrogens is 242 g/mol. The van der Waals surface area contributed by atoms with Crippen molar-refractivity contribution in [2.75, 3.05) is 19.8 Å². The van der Waals surface area contributed by atoms with Gasteiger partial charge in [0.2, 0.25) is 0 Å². The second-order valence-corrected chi connectivity index (χ2v) is 6.98. The number of aryl methyl sites for hydroxylation is 1. The first-order valence-corrected chi connectivity index (χ1v) is 7.52. The van der Waals surface area contributed by atoms with Gasteiger partial charge < -0.3 is 5.11 Å². The first-order valence-electron chi connectivity index (χ1n) is 6.54. The summed E-state index contributed by atoms with van der Waals surface area (Å²) in [6.07, 6.45) is 2.43. The Morgan fingerprint density at radius 3 is 2.67 bits per heavy atom. The summed E-state index contributed by atoms with van der Waals surface area (Å²) in [6, 6.07) is 6.70. The third kappa shape index (κ3) is 2.90. The van der Waals surface area contributed by atoms with Gasteiger partial charge in [0.15, 0.2) is 0 Å². The van der Waals surface area contributed by atoms with Gasteiger partial charge in [0.05, 0.1) is 11.6 Å². The highest BCUT2D eigenvalue weighted by molar-refractivity contribution is 7.99. The lowest BCUT2D eigenvalue weighted by atomic mass is 9.89.